The maximum atomic E-state index is 13.3. The lowest BCUT2D eigenvalue weighted by molar-refractivity contribution is -0.137. The molecule has 1 amide bonds. The van der Waals surface area contributed by atoms with E-state index < -0.39 is 29.4 Å². The number of amides is 1. The number of alkyl halides is 4. The van der Waals surface area contributed by atoms with Crippen LogP contribution >= 0.6 is 11.6 Å². The summed E-state index contributed by atoms with van der Waals surface area (Å²) in [6.07, 6.45) is -5.64. The van der Waals surface area contributed by atoms with E-state index in [9.17, 15) is 18.0 Å². The van der Waals surface area contributed by atoms with Crippen molar-refractivity contribution in [1.82, 2.24) is 9.91 Å². The topological polar surface area (TPSA) is 54.4 Å². The molecular formula is C21H27ClF3N3O3. The monoisotopic (exact) mass is 461 g/mol. The Balaban J connectivity index is 2.10. The summed E-state index contributed by atoms with van der Waals surface area (Å²) in [5.74, 6) is -0.269. The van der Waals surface area contributed by atoms with Gasteiger partial charge in [0.25, 0.3) is 0 Å². The van der Waals surface area contributed by atoms with Crippen LogP contribution in [0.1, 0.15) is 31.9 Å². The minimum absolute atomic E-state index is 0.0172. The standard InChI is InChI=1S/C21H27ClF3N3O3/c1-4-31-20(29)28-19(27-8-10-30-11-9-27)16(13(2)3)17(22)18(26-28)14-6-5-7-15(12-14)21(23,24)25/h5-7,12-13,16-17,19H,4,8-11H2,1-3H3/t16-,17+,19-/m1/s1. The highest BCUT2D eigenvalue weighted by Crippen LogP contribution is 2.37. The zero-order chi connectivity index (χ0) is 22.8. The Labute approximate surface area is 184 Å². The molecule has 0 saturated carbocycles. The van der Waals surface area contributed by atoms with Gasteiger partial charge in [-0.3, -0.25) is 4.90 Å². The molecule has 0 spiro atoms. The van der Waals surface area contributed by atoms with Crippen LogP contribution in [0.3, 0.4) is 0 Å². The Morgan fingerprint density at radius 3 is 2.58 bits per heavy atom. The van der Waals surface area contributed by atoms with Crippen LogP contribution in [0, 0.1) is 11.8 Å². The first-order valence-electron chi connectivity index (χ1n) is 10.3. The summed E-state index contributed by atoms with van der Waals surface area (Å²) in [4.78, 5) is 14.9. The molecule has 0 radical (unpaired) electrons. The lowest BCUT2D eigenvalue weighted by atomic mass is 9.83. The van der Waals surface area contributed by atoms with Gasteiger partial charge in [-0.15, -0.1) is 11.6 Å². The highest BCUT2D eigenvalue weighted by molar-refractivity contribution is 6.35. The van der Waals surface area contributed by atoms with Crippen molar-refractivity contribution in [2.24, 2.45) is 16.9 Å². The number of carbonyl (C=O) groups excluding carboxylic acids is 1. The lowest BCUT2D eigenvalue weighted by Crippen LogP contribution is -2.62. The smallest absolute Gasteiger partial charge is 0.431 e. The number of morpholine rings is 1. The first-order chi connectivity index (χ1) is 14.6. The predicted molar refractivity (Wildman–Crippen MR) is 111 cm³/mol. The van der Waals surface area contributed by atoms with E-state index in [0.29, 0.717) is 26.3 Å². The summed E-state index contributed by atoms with van der Waals surface area (Å²) in [5.41, 5.74) is -0.338. The fourth-order valence-electron chi connectivity index (χ4n) is 4.06. The van der Waals surface area contributed by atoms with E-state index in [1.165, 1.54) is 17.1 Å². The molecule has 0 aliphatic carbocycles. The summed E-state index contributed by atoms with van der Waals surface area (Å²) in [6, 6.07) is 4.86. The molecule has 3 rings (SSSR count). The second kappa shape index (κ2) is 9.75. The van der Waals surface area contributed by atoms with E-state index in [-0.39, 0.29) is 29.7 Å². The zero-order valence-corrected chi connectivity index (χ0v) is 18.5. The molecule has 1 fully saturated rings. The lowest BCUT2D eigenvalue weighted by Gasteiger charge is -2.48. The molecule has 0 aromatic heterocycles. The second-order valence-corrected chi connectivity index (χ2v) is 8.36. The largest absolute Gasteiger partial charge is 0.448 e. The van der Waals surface area contributed by atoms with Gasteiger partial charge in [-0.1, -0.05) is 26.0 Å². The third-order valence-corrected chi connectivity index (χ3v) is 6.04. The van der Waals surface area contributed by atoms with E-state index in [1.54, 1.807) is 6.92 Å². The molecular weight excluding hydrogens is 435 g/mol. The van der Waals surface area contributed by atoms with Crippen LogP contribution < -0.4 is 0 Å². The number of hydrogen-bond acceptors (Lipinski definition) is 5. The quantitative estimate of drug-likeness (QED) is 0.623. The summed E-state index contributed by atoms with van der Waals surface area (Å²) in [6.45, 7) is 7.98. The average Bonchev–Trinajstić information content (AvgIpc) is 2.73. The molecule has 1 aromatic carbocycles. The van der Waals surface area contributed by atoms with E-state index in [4.69, 9.17) is 21.1 Å². The third kappa shape index (κ3) is 5.15. The minimum atomic E-state index is -4.50. The summed E-state index contributed by atoms with van der Waals surface area (Å²) >= 11 is 6.86. The van der Waals surface area contributed by atoms with Gasteiger partial charge in [-0.25, -0.2) is 4.79 Å². The van der Waals surface area contributed by atoms with Gasteiger partial charge in [-0.2, -0.15) is 23.3 Å². The third-order valence-electron chi connectivity index (χ3n) is 5.54. The van der Waals surface area contributed by atoms with E-state index in [1.807, 2.05) is 13.8 Å². The molecule has 0 bridgehead atoms. The van der Waals surface area contributed by atoms with Crippen LogP contribution in [-0.4, -0.2) is 66.2 Å². The van der Waals surface area contributed by atoms with Crippen molar-refractivity contribution in [3.8, 4) is 0 Å². The van der Waals surface area contributed by atoms with Gasteiger partial charge in [0.1, 0.15) is 6.17 Å². The fourth-order valence-corrected chi connectivity index (χ4v) is 4.65. The molecule has 172 valence electrons. The minimum Gasteiger partial charge on any atom is -0.448 e. The van der Waals surface area contributed by atoms with Gasteiger partial charge in [0.05, 0.1) is 36.5 Å². The number of ether oxygens (including phenoxy) is 2. The maximum absolute atomic E-state index is 13.3. The van der Waals surface area contributed by atoms with Crippen LogP contribution in [0.25, 0.3) is 0 Å². The Kier molecular flexibility index (Phi) is 7.49. The van der Waals surface area contributed by atoms with E-state index >= 15 is 0 Å². The molecule has 10 heteroatoms. The van der Waals surface area contributed by atoms with Crippen molar-refractivity contribution in [1.29, 1.82) is 0 Å². The van der Waals surface area contributed by atoms with Crippen molar-refractivity contribution in [3.63, 3.8) is 0 Å². The normalized spacial score (nSPS) is 25.5. The molecule has 31 heavy (non-hydrogen) atoms. The van der Waals surface area contributed by atoms with Gasteiger partial charge in [0, 0.05) is 19.0 Å². The van der Waals surface area contributed by atoms with Gasteiger partial charge in [0.15, 0.2) is 0 Å². The molecule has 1 saturated heterocycles. The van der Waals surface area contributed by atoms with Crippen LogP contribution in [-0.2, 0) is 15.7 Å². The number of hydrazone groups is 1. The van der Waals surface area contributed by atoms with Gasteiger partial charge >= 0.3 is 12.3 Å². The Morgan fingerprint density at radius 2 is 2.00 bits per heavy atom. The second-order valence-electron chi connectivity index (χ2n) is 7.89. The summed E-state index contributed by atoms with van der Waals surface area (Å²) in [5, 5.41) is 5.01. The van der Waals surface area contributed by atoms with Crippen molar-refractivity contribution < 1.29 is 27.4 Å². The fraction of sp³-hybridized carbons (Fsp3) is 0.619. The van der Waals surface area contributed by atoms with Crippen LogP contribution in [0.5, 0.6) is 0 Å². The number of halogens is 4. The average molecular weight is 462 g/mol. The SMILES string of the molecule is CCOC(=O)N1N=C(c2cccc(C(F)(F)F)c2)[C@@H](Cl)[C@@H](C(C)C)[C@@H]1N1CCOCC1. The van der Waals surface area contributed by atoms with Crippen molar-refractivity contribution >= 4 is 23.4 Å². The molecule has 2 aliphatic heterocycles. The van der Waals surface area contributed by atoms with Gasteiger partial charge < -0.3 is 9.47 Å². The van der Waals surface area contributed by atoms with Crippen molar-refractivity contribution in [2.45, 2.75) is 38.5 Å². The number of rotatable bonds is 4. The van der Waals surface area contributed by atoms with E-state index in [2.05, 4.69) is 10.0 Å². The van der Waals surface area contributed by atoms with Crippen LogP contribution in [0.15, 0.2) is 29.4 Å². The molecule has 3 atom stereocenters. The predicted octanol–water partition coefficient (Wildman–Crippen LogP) is 4.42. The molecule has 0 unspecified atom stereocenters. The molecule has 2 aliphatic rings. The number of benzene rings is 1. The van der Waals surface area contributed by atoms with E-state index in [0.717, 1.165) is 12.1 Å². The summed E-state index contributed by atoms with van der Waals surface area (Å²) < 4.78 is 50.5. The highest BCUT2D eigenvalue weighted by Gasteiger charge is 2.47. The van der Waals surface area contributed by atoms with Gasteiger partial charge in [-0.05, 0) is 30.5 Å². The van der Waals surface area contributed by atoms with Crippen molar-refractivity contribution in [2.75, 3.05) is 32.9 Å². The zero-order valence-electron chi connectivity index (χ0n) is 17.7. The van der Waals surface area contributed by atoms with Crippen LogP contribution in [0.4, 0.5) is 18.0 Å². The molecule has 6 nitrogen and oxygen atoms in total. The Morgan fingerprint density at radius 1 is 1.32 bits per heavy atom. The number of carbonyl (C=O) groups is 1. The highest BCUT2D eigenvalue weighted by atomic mass is 35.5. The molecule has 2 heterocycles. The molecule has 0 N–H and O–H groups in total. The first kappa shape index (κ1) is 23.8. The van der Waals surface area contributed by atoms with Gasteiger partial charge in [0.2, 0.25) is 0 Å². The number of nitrogens with zero attached hydrogens (tertiary/aromatic N) is 3. The maximum Gasteiger partial charge on any atom is 0.431 e. The number of hydrogen-bond donors (Lipinski definition) is 0. The van der Waals surface area contributed by atoms with Crippen LogP contribution in [0.2, 0.25) is 0 Å². The first-order valence-corrected chi connectivity index (χ1v) is 10.8. The van der Waals surface area contributed by atoms with Crippen molar-refractivity contribution in [3.05, 3.63) is 35.4 Å². The Bertz CT molecular complexity index is 813. The summed E-state index contributed by atoms with van der Waals surface area (Å²) in [7, 11) is 0. The molecule has 1 aromatic rings. The Hall–Kier alpha value is -1.84.